The van der Waals surface area contributed by atoms with E-state index in [-0.39, 0.29) is 6.10 Å². The molecular formula is C19H38O. The van der Waals surface area contributed by atoms with Crippen molar-refractivity contribution < 1.29 is 5.11 Å². The number of rotatable bonds is 9. The first-order valence-electron chi connectivity index (χ1n) is 9.09. The number of aliphatic hydroxyl groups is 1. The van der Waals surface area contributed by atoms with Crippen LogP contribution < -0.4 is 0 Å². The zero-order valence-corrected chi connectivity index (χ0v) is 14.5. The van der Waals surface area contributed by atoms with Crippen molar-refractivity contribution in [2.75, 3.05) is 0 Å². The van der Waals surface area contributed by atoms with Crippen LogP contribution in [0.3, 0.4) is 0 Å². The van der Waals surface area contributed by atoms with Gasteiger partial charge in [0, 0.05) is 0 Å². The Morgan fingerprint density at radius 1 is 0.900 bits per heavy atom. The van der Waals surface area contributed by atoms with Gasteiger partial charge in [-0.1, -0.05) is 72.6 Å². The van der Waals surface area contributed by atoms with E-state index in [2.05, 4.69) is 27.7 Å². The van der Waals surface area contributed by atoms with Gasteiger partial charge >= 0.3 is 0 Å². The fourth-order valence-electron chi connectivity index (χ4n) is 3.80. The lowest BCUT2D eigenvalue weighted by molar-refractivity contribution is 0.00918. The topological polar surface area (TPSA) is 20.2 Å². The van der Waals surface area contributed by atoms with E-state index >= 15 is 0 Å². The van der Waals surface area contributed by atoms with E-state index in [0.29, 0.717) is 10.8 Å². The molecule has 0 amide bonds. The zero-order chi connectivity index (χ0) is 15.1. The van der Waals surface area contributed by atoms with Crippen LogP contribution in [0.4, 0.5) is 0 Å². The molecular weight excluding hydrogens is 244 g/mol. The second kappa shape index (κ2) is 8.41. The Balaban J connectivity index is 2.23. The molecule has 1 N–H and O–H groups in total. The lowest BCUT2D eigenvalue weighted by Gasteiger charge is -2.49. The largest absolute Gasteiger partial charge is 0.393 e. The minimum absolute atomic E-state index is 0.0637. The fraction of sp³-hybridized carbons (Fsp3) is 1.00. The summed E-state index contributed by atoms with van der Waals surface area (Å²) in [7, 11) is 0. The normalized spacial score (nSPS) is 27.4. The molecule has 1 saturated carbocycles. The summed E-state index contributed by atoms with van der Waals surface area (Å²) in [6.45, 7) is 9.58. The molecule has 120 valence electrons. The monoisotopic (exact) mass is 282 g/mol. The summed E-state index contributed by atoms with van der Waals surface area (Å²) in [5.41, 5.74) is 0.889. The van der Waals surface area contributed by atoms with E-state index < -0.39 is 0 Å². The molecule has 0 aromatic rings. The summed E-state index contributed by atoms with van der Waals surface area (Å²) in [4.78, 5) is 0. The molecule has 1 fully saturated rings. The van der Waals surface area contributed by atoms with Crippen molar-refractivity contribution in [1.29, 1.82) is 0 Å². The zero-order valence-electron chi connectivity index (χ0n) is 14.5. The van der Waals surface area contributed by atoms with Crippen molar-refractivity contribution in [1.82, 2.24) is 0 Å². The van der Waals surface area contributed by atoms with Gasteiger partial charge in [-0.05, 0) is 42.9 Å². The van der Waals surface area contributed by atoms with Crippen molar-refractivity contribution >= 4 is 0 Å². The predicted octanol–water partition coefficient (Wildman–Crippen LogP) is 6.09. The van der Waals surface area contributed by atoms with E-state index in [1.807, 2.05) is 0 Å². The summed E-state index contributed by atoms with van der Waals surface area (Å²) in [5.74, 6) is 0. The molecule has 0 aromatic heterocycles. The highest BCUT2D eigenvalue weighted by atomic mass is 16.3. The molecule has 0 saturated heterocycles. The van der Waals surface area contributed by atoms with Crippen LogP contribution in [-0.2, 0) is 0 Å². The van der Waals surface area contributed by atoms with Gasteiger partial charge in [0.05, 0.1) is 6.10 Å². The van der Waals surface area contributed by atoms with E-state index in [1.165, 1.54) is 64.2 Å². The van der Waals surface area contributed by atoms with Crippen molar-refractivity contribution in [3.05, 3.63) is 0 Å². The number of hydrogen-bond acceptors (Lipinski definition) is 1. The quantitative estimate of drug-likeness (QED) is 0.507. The maximum absolute atomic E-state index is 10.2. The standard InChI is InChI=1S/C19H38O/c1-5-6-7-8-9-12-17(20)13-16-19(4)15-11-10-14-18(19,2)3/h17,20H,5-16H2,1-4H3. The molecule has 2 atom stereocenters. The molecule has 2 unspecified atom stereocenters. The van der Waals surface area contributed by atoms with E-state index in [1.54, 1.807) is 0 Å². The fourth-order valence-corrected chi connectivity index (χ4v) is 3.80. The van der Waals surface area contributed by atoms with E-state index in [9.17, 15) is 5.11 Å². The smallest absolute Gasteiger partial charge is 0.0540 e. The Kier molecular flexibility index (Phi) is 7.58. The molecule has 20 heavy (non-hydrogen) atoms. The van der Waals surface area contributed by atoms with Gasteiger partial charge in [-0.15, -0.1) is 0 Å². The molecule has 0 heterocycles. The van der Waals surface area contributed by atoms with Crippen LogP contribution in [-0.4, -0.2) is 11.2 Å². The van der Waals surface area contributed by atoms with Gasteiger partial charge in [0.2, 0.25) is 0 Å². The minimum atomic E-state index is -0.0637. The molecule has 0 radical (unpaired) electrons. The third kappa shape index (κ3) is 5.39. The number of unbranched alkanes of at least 4 members (excludes halogenated alkanes) is 4. The number of hydrogen-bond donors (Lipinski definition) is 1. The van der Waals surface area contributed by atoms with Crippen LogP contribution in [0.2, 0.25) is 0 Å². The average Bonchev–Trinajstić information content (AvgIpc) is 2.40. The van der Waals surface area contributed by atoms with Crippen LogP contribution in [0.1, 0.15) is 105 Å². The van der Waals surface area contributed by atoms with Crippen molar-refractivity contribution in [2.24, 2.45) is 10.8 Å². The van der Waals surface area contributed by atoms with Gasteiger partial charge in [-0.2, -0.15) is 0 Å². The Morgan fingerprint density at radius 2 is 1.55 bits per heavy atom. The van der Waals surface area contributed by atoms with Crippen LogP contribution >= 0.6 is 0 Å². The third-order valence-corrected chi connectivity index (χ3v) is 6.08. The highest BCUT2D eigenvalue weighted by molar-refractivity contribution is 4.92. The maximum Gasteiger partial charge on any atom is 0.0540 e. The van der Waals surface area contributed by atoms with E-state index in [0.717, 1.165) is 12.8 Å². The molecule has 0 aromatic carbocycles. The van der Waals surface area contributed by atoms with Crippen molar-refractivity contribution in [3.63, 3.8) is 0 Å². The molecule has 1 aliphatic carbocycles. The van der Waals surface area contributed by atoms with E-state index in [4.69, 9.17) is 0 Å². The van der Waals surface area contributed by atoms with Crippen LogP contribution in [0.5, 0.6) is 0 Å². The lowest BCUT2D eigenvalue weighted by Crippen LogP contribution is -2.38. The second-order valence-corrected chi connectivity index (χ2v) is 8.05. The average molecular weight is 283 g/mol. The van der Waals surface area contributed by atoms with Gasteiger partial charge in [-0.3, -0.25) is 0 Å². The summed E-state index contributed by atoms with van der Waals surface area (Å²) >= 11 is 0. The van der Waals surface area contributed by atoms with Gasteiger partial charge in [0.1, 0.15) is 0 Å². The van der Waals surface area contributed by atoms with Crippen LogP contribution in [0, 0.1) is 10.8 Å². The van der Waals surface area contributed by atoms with Gasteiger partial charge in [-0.25, -0.2) is 0 Å². The summed E-state index contributed by atoms with van der Waals surface area (Å²) in [5, 5.41) is 10.2. The number of aliphatic hydroxyl groups excluding tert-OH is 1. The van der Waals surface area contributed by atoms with Crippen LogP contribution in [0.25, 0.3) is 0 Å². The Labute approximate surface area is 127 Å². The highest BCUT2D eigenvalue weighted by Gasteiger charge is 2.42. The minimum Gasteiger partial charge on any atom is -0.393 e. The van der Waals surface area contributed by atoms with Gasteiger partial charge < -0.3 is 5.11 Å². The molecule has 1 heteroatoms. The molecule has 1 rings (SSSR count). The van der Waals surface area contributed by atoms with Crippen LogP contribution in [0.15, 0.2) is 0 Å². The molecule has 0 spiro atoms. The highest BCUT2D eigenvalue weighted by Crippen LogP contribution is 2.52. The lowest BCUT2D eigenvalue weighted by atomic mass is 9.57. The first-order chi connectivity index (χ1) is 9.41. The molecule has 1 nitrogen and oxygen atoms in total. The van der Waals surface area contributed by atoms with Gasteiger partial charge in [0.25, 0.3) is 0 Å². The third-order valence-electron chi connectivity index (χ3n) is 6.08. The molecule has 1 aliphatic rings. The Bertz CT molecular complexity index is 258. The van der Waals surface area contributed by atoms with Crippen molar-refractivity contribution in [3.8, 4) is 0 Å². The molecule has 0 aliphatic heterocycles. The summed E-state index contributed by atoms with van der Waals surface area (Å²) in [6.07, 6.45) is 15.1. The first kappa shape index (κ1) is 18.0. The first-order valence-corrected chi connectivity index (χ1v) is 9.09. The summed E-state index contributed by atoms with van der Waals surface area (Å²) < 4.78 is 0. The molecule has 0 bridgehead atoms. The summed E-state index contributed by atoms with van der Waals surface area (Å²) in [6, 6.07) is 0. The Morgan fingerprint density at radius 3 is 2.20 bits per heavy atom. The predicted molar refractivity (Wildman–Crippen MR) is 89.0 cm³/mol. The second-order valence-electron chi connectivity index (χ2n) is 8.05. The SMILES string of the molecule is CCCCCCCC(O)CCC1(C)CCCCC1(C)C. The van der Waals surface area contributed by atoms with Crippen molar-refractivity contribution in [2.45, 2.75) is 111 Å². The van der Waals surface area contributed by atoms with Gasteiger partial charge in [0.15, 0.2) is 0 Å². The Hall–Kier alpha value is -0.0400. The maximum atomic E-state index is 10.2.